The normalized spacial score (nSPS) is 38.3. The van der Waals surface area contributed by atoms with Gasteiger partial charge in [-0.1, -0.05) is 43.8 Å². The summed E-state index contributed by atoms with van der Waals surface area (Å²) in [6, 6.07) is 3.51. The summed E-state index contributed by atoms with van der Waals surface area (Å²) in [6.07, 6.45) is -6.43. The molecule has 4 aliphatic carbocycles. The van der Waals surface area contributed by atoms with E-state index < -0.39 is 92.5 Å². The highest BCUT2D eigenvalue weighted by Crippen LogP contribution is 2.72. The molecule has 0 unspecified atom stereocenters. The number of allylic oxidation sites excluding steroid dienone is 4. The predicted octanol–water partition coefficient (Wildman–Crippen LogP) is 6.62. The Kier molecular flexibility index (Phi) is 8.62. The zero-order valence-corrected chi connectivity index (χ0v) is 26.5. The molecule has 1 aromatic carbocycles. The number of fused-ring (bicyclic) bond motifs is 5. The van der Waals surface area contributed by atoms with Gasteiger partial charge in [-0.05, 0) is 68.9 Å². The Labute approximate surface area is 267 Å². The number of alkyl halides is 5. The quantitative estimate of drug-likeness (QED) is 0.205. The molecule has 9 atom stereocenters. The topological polar surface area (TPSA) is 107 Å². The molecule has 0 saturated heterocycles. The molecule has 3 fully saturated rings. The first-order valence-corrected chi connectivity index (χ1v) is 16.0. The van der Waals surface area contributed by atoms with Gasteiger partial charge in [-0.2, -0.15) is 13.2 Å². The Balaban J connectivity index is 1.50. The van der Waals surface area contributed by atoms with Crippen LogP contribution in [0.15, 0.2) is 48.1 Å². The molecule has 0 aliphatic heterocycles. The minimum absolute atomic E-state index is 0.0603. The Morgan fingerprint density at radius 3 is 2.35 bits per heavy atom. The van der Waals surface area contributed by atoms with Crippen LogP contribution in [0.1, 0.15) is 62.9 Å². The van der Waals surface area contributed by atoms with Crippen LogP contribution < -0.4 is 0 Å². The number of aliphatic hydroxyl groups is 1. The summed E-state index contributed by atoms with van der Waals surface area (Å²) in [5.41, 5.74) is -8.66. The van der Waals surface area contributed by atoms with Crippen molar-refractivity contribution in [3.63, 3.8) is 0 Å². The summed E-state index contributed by atoms with van der Waals surface area (Å²) < 4.78 is 83.2. The maximum Gasteiger partial charge on any atom is 0.509 e. The minimum atomic E-state index is -4.60. The Hall–Kier alpha value is -3.06. The second-order valence-electron chi connectivity index (χ2n) is 13.1. The van der Waals surface area contributed by atoms with Crippen LogP contribution in [0, 0.1) is 28.6 Å². The van der Waals surface area contributed by atoms with Gasteiger partial charge in [0.15, 0.2) is 22.8 Å². The molecule has 46 heavy (non-hydrogen) atoms. The lowest BCUT2D eigenvalue weighted by molar-refractivity contribution is -0.223. The Morgan fingerprint density at radius 2 is 1.74 bits per heavy atom. The second-order valence-corrected chi connectivity index (χ2v) is 14.0. The summed E-state index contributed by atoms with van der Waals surface area (Å²) in [5, 5.41) is 10.9. The first-order chi connectivity index (χ1) is 21.4. The minimum Gasteiger partial charge on any atom is -0.435 e. The molecule has 0 spiro atoms. The van der Waals surface area contributed by atoms with E-state index in [9.17, 15) is 37.5 Å². The molecule has 3 saturated carbocycles. The average Bonchev–Trinajstić information content (AvgIpc) is 3.20. The van der Waals surface area contributed by atoms with Crippen LogP contribution in [0.2, 0.25) is 0 Å². The number of ether oxygens (including phenoxy) is 2. The highest BCUT2D eigenvalue weighted by atomic mass is 32.2. The Morgan fingerprint density at radius 1 is 1.09 bits per heavy atom. The number of carbonyl (C=O) groups excluding carboxylic acids is 4. The van der Waals surface area contributed by atoms with Gasteiger partial charge in [-0.25, -0.2) is 13.6 Å². The van der Waals surface area contributed by atoms with Gasteiger partial charge < -0.3 is 14.6 Å². The fourth-order valence-corrected chi connectivity index (χ4v) is 9.78. The van der Waals surface area contributed by atoms with Crippen LogP contribution in [0.25, 0.3) is 0 Å². The van der Waals surface area contributed by atoms with E-state index in [0.29, 0.717) is 11.8 Å². The molecule has 0 heterocycles. The number of rotatable bonds is 6. The van der Waals surface area contributed by atoms with Crippen molar-refractivity contribution in [1.82, 2.24) is 0 Å². The third-order valence-electron chi connectivity index (χ3n) is 10.8. The van der Waals surface area contributed by atoms with E-state index in [-0.39, 0.29) is 37.0 Å². The van der Waals surface area contributed by atoms with Crippen molar-refractivity contribution in [3.8, 4) is 0 Å². The van der Waals surface area contributed by atoms with E-state index in [1.165, 1.54) is 19.9 Å². The van der Waals surface area contributed by atoms with Crippen molar-refractivity contribution in [2.24, 2.45) is 28.6 Å². The molecule has 4 aliphatic rings. The number of thioether (sulfide) groups is 1. The SMILES string of the molecule is CCOC(=O)O[C@]1(C(=O)SCC(=O)c2ccc(C(F)(F)F)cc2)[C@H](C)C[C@H]2[C@@H]3C[C@H](F)C4=CC(=O)C=C[C@]4(C)[C@@]3(F)[C@@H](O)C[C@@]21C. The van der Waals surface area contributed by atoms with Gasteiger partial charge in [0.2, 0.25) is 5.12 Å². The number of hydrogen-bond donors (Lipinski definition) is 1. The highest BCUT2D eigenvalue weighted by molar-refractivity contribution is 8.14. The fourth-order valence-electron chi connectivity index (χ4n) is 8.66. The van der Waals surface area contributed by atoms with E-state index in [0.717, 1.165) is 36.4 Å². The first kappa shape index (κ1) is 34.3. The van der Waals surface area contributed by atoms with Crippen LogP contribution >= 0.6 is 11.8 Å². The van der Waals surface area contributed by atoms with E-state index in [1.807, 2.05) is 0 Å². The predicted molar refractivity (Wildman–Crippen MR) is 157 cm³/mol. The van der Waals surface area contributed by atoms with Gasteiger partial charge in [0.1, 0.15) is 6.17 Å². The van der Waals surface area contributed by atoms with Crippen molar-refractivity contribution >= 4 is 34.6 Å². The van der Waals surface area contributed by atoms with E-state index in [4.69, 9.17) is 9.47 Å². The van der Waals surface area contributed by atoms with Gasteiger partial charge in [-0.15, -0.1) is 0 Å². The summed E-state index contributed by atoms with van der Waals surface area (Å²) in [6.45, 7) is 6.07. The molecule has 0 aromatic heterocycles. The van der Waals surface area contributed by atoms with Crippen molar-refractivity contribution in [2.75, 3.05) is 12.4 Å². The fraction of sp³-hybridized carbons (Fsp3) is 0.576. The number of Topliss-reactive ketones (excluding diaryl/α,β-unsaturated/α-hetero) is 1. The number of aliphatic hydroxyl groups excluding tert-OH is 1. The molecular weight excluding hydrogens is 635 g/mol. The standard InChI is InChI=1S/C33H35F5O7S/c1-5-44-28(43)45-32(27(42)46-16-25(40)18-6-8-19(9-7-18)33(36,37)38)17(2)12-21-22-14-24(34)23-13-20(39)10-11-29(23,3)31(22,35)26(41)15-30(21,32)4/h6-11,13,17,21-22,24,26,41H,5,12,14-16H2,1-4H3/t17-,21+,22+,24+,26+,29+,30+,31+,32+/m1/s1. The van der Waals surface area contributed by atoms with Crippen LogP contribution in [-0.2, 0) is 25.2 Å². The number of carbonyl (C=O) groups is 4. The van der Waals surface area contributed by atoms with E-state index in [1.54, 1.807) is 13.8 Å². The molecule has 1 N–H and O–H groups in total. The van der Waals surface area contributed by atoms with Crippen molar-refractivity contribution < 1.29 is 55.7 Å². The zero-order chi connectivity index (χ0) is 34.0. The number of hydrogen-bond acceptors (Lipinski definition) is 8. The third kappa shape index (κ3) is 4.94. The van der Waals surface area contributed by atoms with Gasteiger partial charge >= 0.3 is 12.3 Å². The van der Waals surface area contributed by atoms with Crippen LogP contribution in [-0.4, -0.2) is 63.8 Å². The van der Waals surface area contributed by atoms with Gasteiger partial charge in [0, 0.05) is 28.2 Å². The van der Waals surface area contributed by atoms with Crippen LogP contribution in [0.5, 0.6) is 0 Å². The third-order valence-corrected chi connectivity index (χ3v) is 11.8. The summed E-state index contributed by atoms with van der Waals surface area (Å²) >= 11 is 0.501. The summed E-state index contributed by atoms with van der Waals surface area (Å²) in [7, 11) is 0. The lowest BCUT2D eigenvalue weighted by Crippen LogP contribution is -2.70. The molecule has 250 valence electrons. The van der Waals surface area contributed by atoms with Crippen molar-refractivity contribution in [2.45, 2.75) is 76.7 Å². The zero-order valence-electron chi connectivity index (χ0n) is 25.7. The maximum atomic E-state index is 17.6. The average molecular weight is 671 g/mol. The lowest BCUT2D eigenvalue weighted by atomic mass is 9.44. The maximum absolute atomic E-state index is 17.6. The first-order valence-electron chi connectivity index (χ1n) is 15.1. The lowest BCUT2D eigenvalue weighted by Gasteiger charge is -2.63. The molecule has 0 amide bonds. The molecule has 0 radical (unpaired) electrons. The second kappa shape index (κ2) is 11.6. The number of halogens is 5. The number of ketones is 2. The smallest absolute Gasteiger partial charge is 0.435 e. The van der Waals surface area contributed by atoms with E-state index in [2.05, 4.69) is 0 Å². The molecule has 13 heteroatoms. The molecular formula is C33H35F5O7S. The van der Waals surface area contributed by atoms with Crippen LogP contribution in [0.3, 0.4) is 0 Å². The van der Waals surface area contributed by atoms with Crippen LogP contribution in [0.4, 0.5) is 26.7 Å². The van der Waals surface area contributed by atoms with Crippen molar-refractivity contribution in [3.05, 3.63) is 59.2 Å². The van der Waals surface area contributed by atoms with E-state index >= 15 is 8.78 Å². The summed E-state index contributed by atoms with van der Waals surface area (Å²) in [4.78, 5) is 52.2. The van der Waals surface area contributed by atoms with Gasteiger partial charge in [0.25, 0.3) is 0 Å². The molecule has 7 nitrogen and oxygen atoms in total. The summed E-state index contributed by atoms with van der Waals surface area (Å²) in [5.74, 6) is -4.40. The largest absolute Gasteiger partial charge is 0.509 e. The molecule has 5 rings (SSSR count). The van der Waals surface area contributed by atoms with Gasteiger partial charge in [-0.3, -0.25) is 14.4 Å². The van der Waals surface area contributed by atoms with Crippen molar-refractivity contribution in [1.29, 1.82) is 0 Å². The highest BCUT2D eigenvalue weighted by Gasteiger charge is 2.78. The van der Waals surface area contributed by atoms with Gasteiger partial charge in [0.05, 0.1) is 24.0 Å². The Bertz CT molecular complexity index is 1510. The number of benzene rings is 1. The monoisotopic (exact) mass is 670 g/mol. The molecule has 0 bridgehead atoms. The molecule has 1 aromatic rings.